The molecule has 0 spiro atoms. The molecule has 0 aliphatic carbocycles. The minimum absolute atomic E-state index is 0.407. The zero-order chi connectivity index (χ0) is 12.6. The third-order valence-corrected chi connectivity index (χ3v) is 6.95. The maximum atomic E-state index is 12.5. The van der Waals surface area contributed by atoms with E-state index in [-0.39, 0.29) is 0 Å². The molecular weight excluding hydrogens is 286 g/mol. The number of para-hydroxylation sites is 1. The van der Waals surface area contributed by atoms with Crippen molar-refractivity contribution in [3.05, 3.63) is 41.8 Å². The van der Waals surface area contributed by atoms with E-state index >= 15 is 0 Å². The second-order valence-corrected chi connectivity index (χ2v) is 8.00. The van der Waals surface area contributed by atoms with Crippen LogP contribution in [0.3, 0.4) is 0 Å². The minimum atomic E-state index is -3.39. The van der Waals surface area contributed by atoms with Gasteiger partial charge in [0, 0.05) is 17.2 Å². The summed E-state index contributed by atoms with van der Waals surface area (Å²) in [5.41, 5.74) is 0.794. The van der Waals surface area contributed by atoms with Crippen LogP contribution in [-0.4, -0.2) is 20.7 Å². The van der Waals surface area contributed by atoms with E-state index < -0.39 is 10.0 Å². The highest BCUT2D eigenvalue weighted by molar-refractivity contribution is 8.00. The van der Waals surface area contributed by atoms with Gasteiger partial charge in [-0.1, -0.05) is 18.2 Å². The summed E-state index contributed by atoms with van der Waals surface area (Å²) < 4.78 is 27.0. The molecule has 1 aliphatic heterocycles. The van der Waals surface area contributed by atoms with Crippen LogP contribution in [0.2, 0.25) is 0 Å². The minimum Gasteiger partial charge on any atom is -0.264 e. The lowest BCUT2D eigenvalue weighted by atomic mass is 10.3. The van der Waals surface area contributed by atoms with Gasteiger partial charge in [0.05, 0.1) is 5.69 Å². The number of benzene rings is 1. The van der Waals surface area contributed by atoms with E-state index in [1.807, 2.05) is 24.3 Å². The molecule has 0 bridgehead atoms. The van der Waals surface area contributed by atoms with E-state index in [9.17, 15) is 8.42 Å². The molecule has 3 rings (SSSR count). The number of anilines is 1. The first-order valence-electron chi connectivity index (χ1n) is 5.48. The van der Waals surface area contributed by atoms with E-state index in [1.54, 1.807) is 29.3 Å². The molecule has 0 saturated carbocycles. The number of hydrogen-bond acceptors (Lipinski definition) is 4. The maximum Gasteiger partial charge on any atom is 0.273 e. The standard InChI is InChI=1S/C12H11NO2S3/c14-18(15,12-6-3-8-17-12)13-7-9-16-11-5-2-1-4-10(11)13/h1-6,8H,7,9H2. The average molecular weight is 297 g/mol. The molecule has 94 valence electrons. The van der Waals surface area contributed by atoms with Crippen molar-refractivity contribution in [1.82, 2.24) is 0 Å². The van der Waals surface area contributed by atoms with Crippen LogP contribution in [0.5, 0.6) is 0 Å². The normalized spacial score (nSPS) is 15.4. The zero-order valence-electron chi connectivity index (χ0n) is 9.44. The summed E-state index contributed by atoms with van der Waals surface area (Å²) >= 11 is 2.96. The summed E-state index contributed by atoms with van der Waals surface area (Å²) in [5, 5.41) is 1.79. The molecule has 6 heteroatoms. The topological polar surface area (TPSA) is 37.4 Å². The Morgan fingerprint density at radius 2 is 1.94 bits per heavy atom. The Kier molecular flexibility index (Phi) is 3.09. The molecule has 0 unspecified atom stereocenters. The van der Waals surface area contributed by atoms with Crippen LogP contribution in [0, 0.1) is 0 Å². The van der Waals surface area contributed by atoms with Crippen LogP contribution in [0.1, 0.15) is 0 Å². The van der Waals surface area contributed by atoms with E-state index in [2.05, 4.69) is 0 Å². The lowest BCUT2D eigenvalue weighted by Gasteiger charge is -2.29. The van der Waals surface area contributed by atoms with Crippen molar-refractivity contribution in [2.45, 2.75) is 9.10 Å². The Balaban J connectivity index is 2.10. The summed E-state index contributed by atoms with van der Waals surface area (Å²) in [6.07, 6.45) is 0. The zero-order valence-corrected chi connectivity index (χ0v) is 11.9. The summed E-state index contributed by atoms with van der Waals surface area (Å²) in [6.45, 7) is 0.530. The van der Waals surface area contributed by atoms with Gasteiger partial charge in [0.1, 0.15) is 4.21 Å². The number of thiophene rings is 1. The molecule has 0 N–H and O–H groups in total. The monoisotopic (exact) mass is 297 g/mol. The summed E-state index contributed by atoms with van der Waals surface area (Å²) in [5.74, 6) is 0.793. The van der Waals surface area contributed by atoms with Crippen LogP contribution in [0.15, 0.2) is 50.9 Å². The average Bonchev–Trinajstić information content (AvgIpc) is 2.92. The Morgan fingerprint density at radius 1 is 1.11 bits per heavy atom. The highest BCUT2D eigenvalue weighted by Crippen LogP contribution is 2.37. The molecule has 1 aliphatic rings. The van der Waals surface area contributed by atoms with Crippen molar-refractivity contribution >= 4 is 38.8 Å². The van der Waals surface area contributed by atoms with Gasteiger partial charge in [0.2, 0.25) is 0 Å². The molecule has 1 aromatic heterocycles. The summed E-state index contributed by atoms with van der Waals surface area (Å²) in [4.78, 5) is 1.03. The van der Waals surface area contributed by atoms with Gasteiger partial charge in [-0.3, -0.25) is 4.31 Å². The Bertz CT molecular complexity index is 650. The van der Waals surface area contributed by atoms with Gasteiger partial charge in [-0.2, -0.15) is 0 Å². The van der Waals surface area contributed by atoms with Gasteiger partial charge in [-0.05, 0) is 23.6 Å². The fourth-order valence-electron chi connectivity index (χ4n) is 1.91. The quantitative estimate of drug-likeness (QED) is 0.855. The van der Waals surface area contributed by atoms with E-state index in [0.29, 0.717) is 10.8 Å². The Hall–Kier alpha value is -0.980. The first-order valence-corrected chi connectivity index (χ1v) is 8.78. The van der Waals surface area contributed by atoms with Gasteiger partial charge in [-0.15, -0.1) is 23.1 Å². The SMILES string of the molecule is O=S(=O)(c1cccs1)N1CCSc2ccccc21. The number of rotatable bonds is 2. The van der Waals surface area contributed by atoms with Crippen molar-refractivity contribution in [3.63, 3.8) is 0 Å². The van der Waals surface area contributed by atoms with Crippen molar-refractivity contribution in [2.75, 3.05) is 16.6 Å². The molecule has 0 radical (unpaired) electrons. The molecule has 2 aromatic rings. The Labute approximate surface area is 114 Å². The first kappa shape index (κ1) is 12.1. The van der Waals surface area contributed by atoms with E-state index in [1.165, 1.54) is 15.6 Å². The van der Waals surface area contributed by atoms with E-state index in [0.717, 1.165) is 16.3 Å². The maximum absolute atomic E-state index is 12.5. The molecule has 0 fully saturated rings. The number of fused-ring (bicyclic) bond motifs is 1. The van der Waals surface area contributed by atoms with Crippen LogP contribution >= 0.6 is 23.1 Å². The van der Waals surface area contributed by atoms with Crippen LogP contribution < -0.4 is 4.31 Å². The van der Waals surface area contributed by atoms with Gasteiger partial charge < -0.3 is 0 Å². The number of nitrogens with zero attached hydrogens (tertiary/aromatic N) is 1. The highest BCUT2D eigenvalue weighted by atomic mass is 32.2. The lowest BCUT2D eigenvalue weighted by Crippen LogP contribution is -2.34. The second-order valence-electron chi connectivity index (χ2n) is 3.83. The van der Waals surface area contributed by atoms with Crippen molar-refractivity contribution in [2.24, 2.45) is 0 Å². The molecule has 0 saturated heterocycles. The van der Waals surface area contributed by atoms with Gasteiger partial charge in [0.15, 0.2) is 0 Å². The molecule has 0 atom stereocenters. The van der Waals surface area contributed by atoms with Crippen molar-refractivity contribution in [1.29, 1.82) is 0 Å². The van der Waals surface area contributed by atoms with E-state index in [4.69, 9.17) is 0 Å². The summed E-state index contributed by atoms with van der Waals surface area (Å²) in [6, 6.07) is 11.1. The van der Waals surface area contributed by atoms with Crippen LogP contribution in [-0.2, 0) is 10.0 Å². The van der Waals surface area contributed by atoms with Crippen molar-refractivity contribution < 1.29 is 8.42 Å². The number of sulfonamides is 1. The molecule has 2 heterocycles. The van der Waals surface area contributed by atoms with Crippen molar-refractivity contribution in [3.8, 4) is 0 Å². The number of thioether (sulfide) groups is 1. The fourth-order valence-corrected chi connectivity index (χ4v) is 5.67. The molecular formula is C12H11NO2S3. The summed E-state index contributed by atoms with van der Waals surface area (Å²) in [7, 11) is -3.39. The molecule has 1 aromatic carbocycles. The largest absolute Gasteiger partial charge is 0.273 e. The second kappa shape index (κ2) is 4.60. The highest BCUT2D eigenvalue weighted by Gasteiger charge is 2.29. The predicted octanol–water partition coefficient (Wildman–Crippen LogP) is 3.05. The predicted molar refractivity (Wildman–Crippen MR) is 76.0 cm³/mol. The van der Waals surface area contributed by atoms with Crippen LogP contribution in [0.25, 0.3) is 0 Å². The van der Waals surface area contributed by atoms with Gasteiger partial charge in [0.25, 0.3) is 10.0 Å². The third-order valence-electron chi connectivity index (χ3n) is 2.73. The smallest absolute Gasteiger partial charge is 0.264 e. The Morgan fingerprint density at radius 3 is 2.72 bits per heavy atom. The van der Waals surface area contributed by atoms with Crippen LogP contribution in [0.4, 0.5) is 5.69 Å². The van der Waals surface area contributed by atoms with Gasteiger partial charge in [-0.25, -0.2) is 8.42 Å². The molecule has 3 nitrogen and oxygen atoms in total. The lowest BCUT2D eigenvalue weighted by molar-refractivity contribution is 0.593. The molecule has 18 heavy (non-hydrogen) atoms. The first-order chi connectivity index (χ1) is 8.69. The third kappa shape index (κ3) is 1.94. The molecule has 0 amide bonds. The van der Waals surface area contributed by atoms with Gasteiger partial charge >= 0.3 is 0 Å². The number of hydrogen-bond donors (Lipinski definition) is 0. The fraction of sp³-hybridized carbons (Fsp3) is 0.167.